The van der Waals surface area contributed by atoms with Crippen LogP contribution in [-0.2, 0) is 0 Å². The molecule has 48 heavy (non-hydrogen) atoms. The lowest BCUT2D eigenvalue weighted by molar-refractivity contribution is 1.17. The molecule has 3 nitrogen and oxygen atoms in total. The van der Waals surface area contributed by atoms with E-state index in [1.807, 2.05) is 29.5 Å². The number of para-hydroxylation sites is 2. The van der Waals surface area contributed by atoms with E-state index in [-0.39, 0.29) is 0 Å². The first-order chi connectivity index (χ1) is 23.8. The van der Waals surface area contributed by atoms with E-state index in [0.717, 1.165) is 39.2 Å². The first-order valence-electron chi connectivity index (χ1n) is 16.2. The summed E-state index contributed by atoms with van der Waals surface area (Å²) in [4.78, 5) is 10.1. The average Bonchev–Trinajstić information content (AvgIpc) is 3.70. The van der Waals surface area contributed by atoms with Crippen LogP contribution in [0.2, 0.25) is 0 Å². The summed E-state index contributed by atoms with van der Waals surface area (Å²) in [5.74, 6) is 0.723. The maximum absolute atomic E-state index is 5.09. The Morgan fingerprint density at radius 2 is 1.02 bits per heavy atom. The van der Waals surface area contributed by atoms with Crippen molar-refractivity contribution in [1.29, 1.82) is 0 Å². The molecule has 3 aromatic heterocycles. The van der Waals surface area contributed by atoms with Crippen LogP contribution in [0.4, 0.5) is 0 Å². The van der Waals surface area contributed by atoms with Crippen molar-refractivity contribution in [2.75, 3.05) is 0 Å². The lowest BCUT2D eigenvalue weighted by Gasteiger charge is -2.11. The Kier molecular flexibility index (Phi) is 6.05. The van der Waals surface area contributed by atoms with E-state index in [1.54, 1.807) is 0 Å². The Morgan fingerprint density at radius 3 is 1.88 bits per heavy atom. The second-order valence-electron chi connectivity index (χ2n) is 12.2. The molecule has 4 heteroatoms. The van der Waals surface area contributed by atoms with Gasteiger partial charge in [0.1, 0.15) is 0 Å². The van der Waals surface area contributed by atoms with Gasteiger partial charge in [-0.25, -0.2) is 9.97 Å². The predicted octanol–water partition coefficient (Wildman–Crippen LogP) is 12.1. The summed E-state index contributed by atoms with van der Waals surface area (Å²) >= 11 is 1.86. The van der Waals surface area contributed by atoms with E-state index < -0.39 is 0 Å². The zero-order valence-corrected chi connectivity index (χ0v) is 26.7. The summed E-state index contributed by atoms with van der Waals surface area (Å²) in [6, 6.07) is 58.4. The van der Waals surface area contributed by atoms with Gasteiger partial charge >= 0.3 is 0 Å². The summed E-state index contributed by atoms with van der Waals surface area (Å²) in [5, 5.41) is 6.18. The third-order valence-corrected chi connectivity index (χ3v) is 10.6. The molecule has 0 radical (unpaired) electrons. The number of fused-ring (bicyclic) bond motifs is 7. The molecular formula is C44H27N3S. The second kappa shape index (κ2) is 10.7. The van der Waals surface area contributed by atoms with Crippen LogP contribution in [-0.4, -0.2) is 14.5 Å². The first kappa shape index (κ1) is 27.1. The van der Waals surface area contributed by atoms with Crippen molar-refractivity contribution in [3.8, 4) is 39.5 Å². The van der Waals surface area contributed by atoms with Crippen molar-refractivity contribution in [3.63, 3.8) is 0 Å². The maximum Gasteiger partial charge on any atom is 0.160 e. The van der Waals surface area contributed by atoms with Gasteiger partial charge in [-0.2, -0.15) is 0 Å². The zero-order valence-electron chi connectivity index (χ0n) is 25.8. The van der Waals surface area contributed by atoms with Gasteiger partial charge in [-0.3, -0.25) is 0 Å². The van der Waals surface area contributed by atoms with Crippen molar-refractivity contribution in [2.45, 2.75) is 0 Å². The van der Waals surface area contributed by atoms with Crippen LogP contribution in [0.3, 0.4) is 0 Å². The van der Waals surface area contributed by atoms with E-state index in [1.165, 1.54) is 53.1 Å². The monoisotopic (exact) mass is 629 g/mol. The molecule has 0 spiro atoms. The Bertz CT molecular complexity index is 2830. The topological polar surface area (TPSA) is 30.7 Å². The van der Waals surface area contributed by atoms with Crippen LogP contribution in [0.5, 0.6) is 0 Å². The molecule has 10 aromatic rings. The zero-order chi connectivity index (χ0) is 31.6. The Balaban J connectivity index is 1.08. The number of nitrogens with zero attached hydrogens (tertiary/aromatic N) is 3. The minimum atomic E-state index is 0.723. The van der Waals surface area contributed by atoms with Crippen molar-refractivity contribution >= 4 is 64.2 Å². The molecule has 7 aromatic carbocycles. The fraction of sp³-hybridized carbons (Fsp3) is 0. The van der Waals surface area contributed by atoms with E-state index in [0.29, 0.717) is 0 Å². The van der Waals surface area contributed by atoms with Crippen molar-refractivity contribution < 1.29 is 0 Å². The SMILES string of the molecule is c1ccc(-c2nc(-c3ccc(-n4c5ccccc5c5cc(-c6ccc7sc8ccccc8c7c6)ccc54)cc3)nc3ccccc23)cc1. The van der Waals surface area contributed by atoms with E-state index >= 15 is 0 Å². The lowest BCUT2D eigenvalue weighted by Crippen LogP contribution is -1.97. The third-order valence-electron chi connectivity index (χ3n) is 9.42. The summed E-state index contributed by atoms with van der Waals surface area (Å²) in [7, 11) is 0. The Morgan fingerprint density at radius 1 is 0.396 bits per heavy atom. The molecule has 0 saturated heterocycles. The molecule has 0 bridgehead atoms. The summed E-state index contributed by atoms with van der Waals surface area (Å²) < 4.78 is 5.02. The number of hydrogen-bond acceptors (Lipinski definition) is 3. The molecular weight excluding hydrogens is 603 g/mol. The van der Waals surface area contributed by atoms with E-state index in [2.05, 4.69) is 150 Å². The largest absolute Gasteiger partial charge is 0.309 e. The van der Waals surface area contributed by atoms with Gasteiger partial charge in [0.2, 0.25) is 0 Å². The minimum absolute atomic E-state index is 0.723. The van der Waals surface area contributed by atoms with Gasteiger partial charge in [0, 0.05) is 53.1 Å². The highest BCUT2D eigenvalue weighted by atomic mass is 32.1. The van der Waals surface area contributed by atoms with Gasteiger partial charge in [-0.1, -0.05) is 97.1 Å². The highest BCUT2D eigenvalue weighted by molar-refractivity contribution is 7.25. The smallest absolute Gasteiger partial charge is 0.160 e. The molecule has 0 aliphatic carbocycles. The molecule has 0 N–H and O–H groups in total. The van der Waals surface area contributed by atoms with Gasteiger partial charge < -0.3 is 4.57 Å². The highest BCUT2D eigenvalue weighted by Crippen LogP contribution is 2.39. The summed E-state index contributed by atoms with van der Waals surface area (Å²) in [6.45, 7) is 0. The van der Waals surface area contributed by atoms with Crippen LogP contribution >= 0.6 is 11.3 Å². The molecule has 0 fully saturated rings. The van der Waals surface area contributed by atoms with Crippen LogP contribution in [0, 0.1) is 0 Å². The maximum atomic E-state index is 5.09. The van der Waals surface area contributed by atoms with Crippen LogP contribution in [0.1, 0.15) is 0 Å². The standard InChI is InChI=1S/C44H27N3S/c1-2-10-28(11-3-1)43-35-14-4-7-15-38(35)45-44(46-43)29-18-22-32(23-19-29)47-39-16-8-5-12-33(39)36-26-30(20-24-40(36)47)31-21-25-42-37(27-31)34-13-6-9-17-41(34)48-42/h1-27H. The summed E-state index contributed by atoms with van der Waals surface area (Å²) in [6.07, 6.45) is 0. The number of rotatable bonds is 4. The third kappa shape index (κ3) is 4.27. The molecule has 10 rings (SSSR count). The van der Waals surface area contributed by atoms with Crippen LogP contribution < -0.4 is 0 Å². The van der Waals surface area contributed by atoms with Crippen molar-refractivity contribution in [3.05, 3.63) is 164 Å². The molecule has 0 amide bonds. The normalized spacial score (nSPS) is 11.8. The van der Waals surface area contributed by atoms with Gasteiger partial charge in [0.15, 0.2) is 5.82 Å². The number of benzene rings is 7. The van der Waals surface area contributed by atoms with Gasteiger partial charge in [-0.05, 0) is 77.9 Å². The predicted molar refractivity (Wildman–Crippen MR) is 203 cm³/mol. The molecule has 224 valence electrons. The quantitative estimate of drug-likeness (QED) is 0.194. The van der Waals surface area contributed by atoms with Gasteiger partial charge in [0.05, 0.1) is 22.2 Å². The first-order valence-corrected chi connectivity index (χ1v) is 17.0. The van der Waals surface area contributed by atoms with Crippen molar-refractivity contribution in [1.82, 2.24) is 14.5 Å². The summed E-state index contributed by atoms with van der Waals surface area (Å²) in [5.41, 5.74) is 9.89. The minimum Gasteiger partial charge on any atom is -0.309 e. The average molecular weight is 630 g/mol. The van der Waals surface area contributed by atoms with Crippen LogP contribution in [0.25, 0.3) is 92.3 Å². The fourth-order valence-corrected chi connectivity index (χ4v) is 8.20. The van der Waals surface area contributed by atoms with E-state index in [9.17, 15) is 0 Å². The molecule has 0 unspecified atom stereocenters. The van der Waals surface area contributed by atoms with E-state index in [4.69, 9.17) is 9.97 Å². The molecule has 0 aliphatic heterocycles. The lowest BCUT2D eigenvalue weighted by atomic mass is 10.0. The molecule has 3 heterocycles. The highest BCUT2D eigenvalue weighted by Gasteiger charge is 2.16. The number of thiophene rings is 1. The van der Waals surface area contributed by atoms with Gasteiger partial charge in [0.25, 0.3) is 0 Å². The fourth-order valence-electron chi connectivity index (χ4n) is 7.12. The molecule has 0 atom stereocenters. The Labute approximate surface area is 281 Å². The van der Waals surface area contributed by atoms with Crippen LogP contribution in [0.15, 0.2) is 164 Å². The Hall–Kier alpha value is -6.10. The molecule has 0 saturated carbocycles. The number of aromatic nitrogens is 3. The van der Waals surface area contributed by atoms with Crippen molar-refractivity contribution in [2.24, 2.45) is 0 Å². The van der Waals surface area contributed by atoms with Gasteiger partial charge in [-0.15, -0.1) is 11.3 Å². The molecule has 0 aliphatic rings. The second-order valence-corrected chi connectivity index (χ2v) is 13.3. The number of hydrogen-bond donors (Lipinski definition) is 0.